The van der Waals surface area contributed by atoms with Gasteiger partial charge in [0.15, 0.2) is 0 Å². The Morgan fingerprint density at radius 1 is 0.629 bits per heavy atom. The van der Waals surface area contributed by atoms with Gasteiger partial charge in [-0.1, -0.05) is 35.9 Å². The molecule has 2 aromatic carbocycles. The number of sulfonamides is 2. The van der Waals surface area contributed by atoms with E-state index in [1.807, 2.05) is 0 Å². The number of pyridine rings is 4. The largest absolute Gasteiger partial charge is 0.478 e. The van der Waals surface area contributed by atoms with Gasteiger partial charge >= 0.3 is 5.97 Å². The minimum atomic E-state index is -3.74. The van der Waals surface area contributed by atoms with Crippen LogP contribution >= 0.6 is 11.6 Å². The second-order valence-electron chi connectivity index (χ2n) is 12.8. The molecule has 6 rings (SSSR count). The van der Waals surface area contributed by atoms with Gasteiger partial charge in [-0.2, -0.15) is 0 Å². The molecule has 62 heavy (non-hydrogen) atoms. The number of rotatable bonds is 12. The van der Waals surface area contributed by atoms with Gasteiger partial charge in [-0.25, -0.2) is 59.0 Å². The second-order valence-corrected chi connectivity index (χ2v) is 17.4. The Kier molecular flexibility index (Phi) is 16.3. The first-order valence-electron chi connectivity index (χ1n) is 17.7. The Morgan fingerprint density at radius 2 is 1.11 bits per heavy atom. The number of nitrogens with one attached hydrogen (secondary N) is 4. The number of benzene rings is 2. The molecule has 0 aliphatic carbocycles. The van der Waals surface area contributed by atoms with Crippen molar-refractivity contribution in [1.82, 2.24) is 33.9 Å². The number of para-hydroxylation sites is 2. The third-order valence-corrected chi connectivity index (χ3v) is 12.0. The fourth-order valence-electron chi connectivity index (χ4n) is 4.89. The first-order chi connectivity index (χ1) is 29.2. The molecule has 23 heteroatoms. The number of aromatic nitrogens is 4. The van der Waals surface area contributed by atoms with Gasteiger partial charge in [0.25, 0.3) is 5.91 Å². The van der Waals surface area contributed by atoms with Crippen LogP contribution in [0.1, 0.15) is 20.7 Å². The number of carbonyl (C=O) groups excluding carboxylic acids is 1. The average molecular weight is 912 g/mol. The number of nitrogen functional groups attached to an aromatic ring is 1. The minimum absolute atomic E-state index is 0.0225. The third kappa shape index (κ3) is 12.6. The molecule has 6 aromatic rings. The van der Waals surface area contributed by atoms with E-state index in [2.05, 4.69) is 41.2 Å². The van der Waals surface area contributed by atoms with E-state index in [1.165, 1.54) is 96.0 Å². The number of anilines is 7. The fraction of sp³-hybridized carbons (Fsp3) is 0.128. The Labute approximate surface area is 360 Å². The van der Waals surface area contributed by atoms with E-state index in [4.69, 9.17) is 17.3 Å². The summed E-state index contributed by atoms with van der Waals surface area (Å²) in [5.74, 6) is -1.44. The standard InChI is InChI=1S/C20H21FN6O3S.C14H14ClN3O4S.C5H5FN2/c1-22-20(28)14-12-24-19(26-18-9-8-13(21)11-23-18)10-16(14)25-15-6-4-5-7-17(15)31(29,30)27(2)3;1-18(2)23(21,22)12-6-4-3-5-10(12)17-11-7-13(15)16-8-9(11)14(19)20;6-4-1-2-5(7)8-3-4/h4-12H,1-3H3,(H,22,28)(H2,23,24,25,26);3-8H,1-2H3,(H,16,17)(H,19,20);1-3H,(H2,7,8). The molecule has 7 N–H and O–H groups in total. The molecular weight excluding hydrogens is 872 g/mol. The summed E-state index contributed by atoms with van der Waals surface area (Å²) in [6, 6.07) is 20.8. The average Bonchev–Trinajstić information content (AvgIpc) is 3.23. The summed E-state index contributed by atoms with van der Waals surface area (Å²) in [6.07, 6.45) is 4.59. The van der Waals surface area contributed by atoms with Gasteiger partial charge in [0, 0.05) is 53.7 Å². The quantitative estimate of drug-likeness (QED) is 0.0777. The maximum absolute atomic E-state index is 13.1. The Hall–Kier alpha value is -6.85. The fourth-order valence-corrected chi connectivity index (χ4v) is 7.13. The SMILES string of the molecule is CN(C)S(=O)(=O)c1ccccc1Nc1cc(Cl)ncc1C(=O)O.CNC(=O)c1cnc(Nc2ccc(F)cn2)cc1Nc1ccccc1S(=O)(=O)N(C)C.Nc1ccc(F)cn1. The van der Waals surface area contributed by atoms with Crippen molar-refractivity contribution in [3.8, 4) is 0 Å². The molecule has 0 aliphatic rings. The molecule has 0 unspecified atom stereocenters. The van der Waals surface area contributed by atoms with Crippen LogP contribution in [0.25, 0.3) is 0 Å². The molecule has 0 aliphatic heterocycles. The van der Waals surface area contributed by atoms with Crippen molar-refractivity contribution in [2.75, 3.05) is 56.9 Å². The van der Waals surface area contributed by atoms with E-state index >= 15 is 0 Å². The van der Waals surface area contributed by atoms with Crippen molar-refractivity contribution in [2.24, 2.45) is 0 Å². The minimum Gasteiger partial charge on any atom is -0.478 e. The Bertz CT molecular complexity index is 2730. The number of carboxylic acid groups (broad SMARTS) is 1. The molecule has 0 atom stereocenters. The lowest BCUT2D eigenvalue weighted by Crippen LogP contribution is -2.23. The van der Waals surface area contributed by atoms with Crippen LogP contribution in [0, 0.1) is 11.6 Å². The van der Waals surface area contributed by atoms with Crippen LogP contribution in [0.15, 0.2) is 120 Å². The molecule has 0 fully saturated rings. The van der Waals surface area contributed by atoms with Gasteiger partial charge in [0.2, 0.25) is 20.0 Å². The van der Waals surface area contributed by atoms with Crippen molar-refractivity contribution in [3.63, 3.8) is 0 Å². The molecule has 0 saturated heterocycles. The van der Waals surface area contributed by atoms with Crippen molar-refractivity contribution in [2.45, 2.75) is 9.79 Å². The summed E-state index contributed by atoms with van der Waals surface area (Å²) >= 11 is 5.80. The van der Waals surface area contributed by atoms with Crippen LogP contribution in [0.4, 0.5) is 49.0 Å². The molecule has 0 spiro atoms. The molecule has 18 nitrogen and oxygen atoms in total. The van der Waals surface area contributed by atoms with Crippen molar-refractivity contribution in [1.29, 1.82) is 0 Å². The zero-order valence-corrected chi connectivity index (χ0v) is 35.9. The van der Waals surface area contributed by atoms with Gasteiger partial charge in [-0.15, -0.1) is 0 Å². The maximum Gasteiger partial charge on any atom is 0.339 e. The van der Waals surface area contributed by atoms with Gasteiger partial charge in [0.05, 0.1) is 40.7 Å². The number of nitrogens with two attached hydrogens (primary N) is 1. The maximum atomic E-state index is 13.1. The molecule has 0 radical (unpaired) electrons. The Morgan fingerprint density at radius 3 is 1.56 bits per heavy atom. The number of aromatic carboxylic acids is 1. The van der Waals surface area contributed by atoms with E-state index in [0.29, 0.717) is 28.8 Å². The summed E-state index contributed by atoms with van der Waals surface area (Å²) in [6.45, 7) is 0. The molecule has 0 saturated carbocycles. The highest BCUT2D eigenvalue weighted by atomic mass is 35.5. The van der Waals surface area contributed by atoms with Crippen LogP contribution in [-0.4, -0.2) is 97.6 Å². The highest BCUT2D eigenvalue weighted by Crippen LogP contribution is 2.31. The number of carbonyl (C=O) groups is 2. The van der Waals surface area contributed by atoms with Crippen molar-refractivity contribution < 1.29 is 40.3 Å². The molecule has 4 heterocycles. The van der Waals surface area contributed by atoms with E-state index < -0.39 is 37.7 Å². The lowest BCUT2D eigenvalue weighted by Gasteiger charge is -2.18. The predicted molar refractivity (Wildman–Crippen MR) is 231 cm³/mol. The monoisotopic (exact) mass is 911 g/mol. The van der Waals surface area contributed by atoms with Gasteiger partial charge < -0.3 is 32.1 Å². The molecule has 4 aromatic heterocycles. The van der Waals surface area contributed by atoms with Crippen molar-refractivity contribution in [3.05, 3.63) is 138 Å². The normalized spacial score (nSPS) is 11.1. The van der Waals surface area contributed by atoms with E-state index in [9.17, 15) is 40.3 Å². The van der Waals surface area contributed by atoms with Crippen LogP contribution in [0.2, 0.25) is 5.15 Å². The third-order valence-electron chi connectivity index (χ3n) is 8.04. The summed E-state index contributed by atoms with van der Waals surface area (Å²) < 4.78 is 77.4. The number of hydrogen-bond donors (Lipinski definition) is 6. The number of amides is 1. The highest BCUT2D eigenvalue weighted by molar-refractivity contribution is 7.89. The highest BCUT2D eigenvalue weighted by Gasteiger charge is 2.24. The smallest absolute Gasteiger partial charge is 0.339 e. The predicted octanol–water partition coefficient (Wildman–Crippen LogP) is 5.94. The van der Waals surface area contributed by atoms with E-state index in [1.54, 1.807) is 30.3 Å². The lowest BCUT2D eigenvalue weighted by atomic mass is 10.2. The zero-order valence-electron chi connectivity index (χ0n) is 33.5. The Balaban J connectivity index is 0.000000238. The van der Waals surface area contributed by atoms with Gasteiger partial charge in [-0.3, -0.25) is 4.79 Å². The lowest BCUT2D eigenvalue weighted by molar-refractivity contribution is 0.0697. The van der Waals surface area contributed by atoms with Gasteiger partial charge in [-0.05, 0) is 54.6 Å². The molecule has 1 amide bonds. The van der Waals surface area contributed by atoms with Crippen molar-refractivity contribution >= 4 is 83.7 Å². The first-order valence-corrected chi connectivity index (χ1v) is 20.9. The topological polar surface area (TPSA) is 255 Å². The number of nitrogens with zero attached hydrogens (tertiary/aromatic N) is 6. The number of hydrogen-bond acceptors (Lipinski definition) is 14. The molecule has 0 bridgehead atoms. The van der Waals surface area contributed by atoms with Crippen LogP contribution in [0.3, 0.4) is 0 Å². The van der Waals surface area contributed by atoms with Crippen LogP contribution in [0.5, 0.6) is 0 Å². The number of carboxylic acids is 1. The summed E-state index contributed by atoms with van der Waals surface area (Å²) in [5.41, 5.74) is 6.24. The summed E-state index contributed by atoms with van der Waals surface area (Å²) in [7, 11) is -0.251. The van der Waals surface area contributed by atoms with Gasteiger partial charge in [0.1, 0.15) is 49.6 Å². The molecule has 326 valence electrons. The second kappa shape index (κ2) is 21.1. The first kappa shape index (κ1) is 47.8. The van der Waals surface area contributed by atoms with Crippen LogP contribution in [-0.2, 0) is 20.0 Å². The van der Waals surface area contributed by atoms with E-state index in [0.717, 1.165) is 27.2 Å². The summed E-state index contributed by atoms with van der Waals surface area (Å²) in [5, 5.41) is 20.6. The number of halogens is 3. The van der Waals surface area contributed by atoms with Crippen LogP contribution < -0.4 is 27.0 Å². The summed E-state index contributed by atoms with van der Waals surface area (Å²) in [4.78, 5) is 39.0. The molecular formula is C39H40ClF2N11O7S2. The zero-order chi connectivity index (χ0) is 45.8. The van der Waals surface area contributed by atoms with E-state index in [-0.39, 0.29) is 43.3 Å².